The molecule has 0 saturated carbocycles. The molecule has 0 spiro atoms. The van der Waals surface area contributed by atoms with E-state index in [4.69, 9.17) is 0 Å². The molecule has 1 N–H and O–H groups in total. The van der Waals surface area contributed by atoms with E-state index in [0.717, 1.165) is 11.3 Å². The minimum atomic E-state index is -0.952. The molecule has 104 valence electrons. The summed E-state index contributed by atoms with van der Waals surface area (Å²) >= 11 is 0. The molecule has 0 saturated heterocycles. The Morgan fingerprint density at radius 3 is 2.55 bits per heavy atom. The fourth-order valence-electron chi connectivity index (χ4n) is 2.22. The lowest BCUT2D eigenvalue weighted by Gasteiger charge is -2.22. The second kappa shape index (κ2) is 5.69. The molecule has 20 heavy (non-hydrogen) atoms. The van der Waals surface area contributed by atoms with E-state index >= 15 is 0 Å². The van der Waals surface area contributed by atoms with Crippen molar-refractivity contribution >= 4 is 11.7 Å². The van der Waals surface area contributed by atoms with Crippen LogP contribution in [0.15, 0.2) is 30.6 Å². The second-order valence-electron chi connectivity index (χ2n) is 4.76. The van der Waals surface area contributed by atoms with Gasteiger partial charge in [-0.1, -0.05) is 0 Å². The Balaban J connectivity index is 2.38. The predicted molar refractivity (Wildman–Crippen MR) is 77.0 cm³/mol. The van der Waals surface area contributed by atoms with Gasteiger partial charge in [0.25, 0.3) is 0 Å². The molecule has 0 unspecified atom stereocenters. The Labute approximate surface area is 117 Å². The van der Waals surface area contributed by atoms with Crippen LogP contribution in [-0.2, 0) is 6.54 Å². The van der Waals surface area contributed by atoms with Gasteiger partial charge in [0.15, 0.2) is 0 Å². The molecule has 2 rings (SSSR count). The topological polar surface area (TPSA) is 66.3 Å². The molecular formula is C15H17N3O2. The van der Waals surface area contributed by atoms with Crippen LogP contribution in [0.2, 0.25) is 0 Å². The SMILES string of the molecule is Cc1cc(N(C)Cc2ccncc2)c(C(=O)O)c(C)n1. The maximum Gasteiger partial charge on any atom is 0.339 e. The van der Waals surface area contributed by atoms with Crippen molar-refractivity contribution in [1.29, 1.82) is 0 Å². The maximum atomic E-state index is 11.4. The molecule has 0 aliphatic carbocycles. The standard InChI is InChI=1S/C15H17N3O2/c1-10-8-13(14(15(19)20)11(2)17-10)18(3)9-12-4-6-16-7-5-12/h4-8H,9H2,1-3H3,(H,19,20). The first-order valence-electron chi connectivity index (χ1n) is 6.30. The average molecular weight is 271 g/mol. The van der Waals surface area contributed by atoms with Gasteiger partial charge in [0.2, 0.25) is 0 Å². The summed E-state index contributed by atoms with van der Waals surface area (Å²) in [7, 11) is 1.88. The number of hydrogen-bond donors (Lipinski definition) is 1. The van der Waals surface area contributed by atoms with E-state index in [1.165, 1.54) is 0 Å². The Hall–Kier alpha value is -2.43. The fourth-order valence-corrected chi connectivity index (χ4v) is 2.22. The highest BCUT2D eigenvalue weighted by atomic mass is 16.4. The minimum absolute atomic E-state index is 0.257. The first-order chi connectivity index (χ1) is 9.49. The van der Waals surface area contributed by atoms with Crippen molar-refractivity contribution in [3.63, 3.8) is 0 Å². The van der Waals surface area contributed by atoms with Crippen LogP contribution in [0.3, 0.4) is 0 Å². The molecule has 0 fully saturated rings. The van der Waals surface area contributed by atoms with Crippen molar-refractivity contribution in [2.24, 2.45) is 0 Å². The number of aryl methyl sites for hydroxylation is 2. The van der Waals surface area contributed by atoms with Gasteiger partial charge in [0.05, 0.1) is 11.4 Å². The summed E-state index contributed by atoms with van der Waals surface area (Å²) in [6.07, 6.45) is 3.45. The maximum absolute atomic E-state index is 11.4. The molecule has 0 aliphatic heterocycles. The van der Waals surface area contributed by atoms with Crippen LogP contribution in [0, 0.1) is 13.8 Å². The summed E-state index contributed by atoms with van der Waals surface area (Å²) in [4.78, 5) is 21.6. The largest absolute Gasteiger partial charge is 0.478 e. The summed E-state index contributed by atoms with van der Waals surface area (Å²) in [6, 6.07) is 5.63. The summed E-state index contributed by atoms with van der Waals surface area (Å²) in [5.74, 6) is -0.952. The van der Waals surface area contributed by atoms with E-state index in [9.17, 15) is 9.90 Å². The lowest BCUT2D eigenvalue weighted by Crippen LogP contribution is -2.21. The van der Waals surface area contributed by atoms with Crippen molar-refractivity contribution in [2.45, 2.75) is 20.4 Å². The summed E-state index contributed by atoms with van der Waals surface area (Å²) in [5, 5.41) is 9.38. The normalized spacial score (nSPS) is 10.3. The van der Waals surface area contributed by atoms with Crippen molar-refractivity contribution in [3.8, 4) is 0 Å². The average Bonchev–Trinajstić information content (AvgIpc) is 2.38. The number of aromatic carboxylic acids is 1. The Morgan fingerprint density at radius 2 is 1.95 bits per heavy atom. The van der Waals surface area contributed by atoms with Gasteiger partial charge in [-0.25, -0.2) is 4.79 Å². The number of carbonyl (C=O) groups is 1. The van der Waals surface area contributed by atoms with Crippen LogP contribution in [0.25, 0.3) is 0 Å². The number of pyridine rings is 2. The van der Waals surface area contributed by atoms with Gasteiger partial charge in [0, 0.05) is 31.7 Å². The summed E-state index contributed by atoms with van der Waals surface area (Å²) < 4.78 is 0. The van der Waals surface area contributed by atoms with Crippen LogP contribution >= 0.6 is 0 Å². The van der Waals surface area contributed by atoms with Crippen molar-refractivity contribution in [2.75, 3.05) is 11.9 Å². The van der Waals surface area contributed by atoms with Gasteiger partial charge >= 0.3 is 5.97 Å². The molecule has 0 radical (unpaired) electrons. The van der Waals surface area contributed by atoms with E-state index in [1.54, 1.807) is 25.4 Å². The molecule has 2 aromatic heterocycles. The highest BCUT2D eigenvalue weighted by Crippen LogP contribution is 2.24. The molecule has 0 amide bonds. The molecule has 0 bridgehead atoms. The zero-order valence-corrected chi connectivity index (χ0v) is 11.8. The Kier molecular flexibility index (Phi) is 3.98. The molecule has 5 heteroatoms. The monoisotopic (exact) mass is 271 g/mol. The van der Waals surface area contributed by atoms with Crippen LogP contribution < -0.4 is 4.90 Å². The fraction of sp³-hybridized carbons (Fsp3) is 0.267. The van der Waals surface area contributed by atoms with E-state index < -0.39 is 5.97 Å². The molecule has 2 heterocycles. The minimum Gasteiger partial charge on any atom is -0.478 e. The van der Waals surface area contributed by atoms with Gasteiger partial charge in [-0.2, -0.15) is 0 Å². The zero-order valence-electron chi connectivity index (χ0n) is 11.8. The molecular weight excluding hydrogens is 254 g/mol. The van der Waals surface area contributed by atoms with Crippen LogP contribution in [0.5, 0.6) is 0 Å². The smallest absolute Gasteiger partial charge is 0.339 e. The van der Waals surface area contributed by atoms with E-state index in [0.29, 0.717) is 17.9 Å². The number of rotatable bonds is 4. The van der Waals surface area contributed by atoms with Gasteiger partial charge < -0.3 is 10.0 Å². The zero-order chi connectivity index (χ0) is 14.7. The lowest BCUT2D eigenvalue weighted by atomic mass is 10.1. The third kappa shape index (κ3) is 2.93. The second-order valence-corrected chi connectivity index (χ2v) is 4.76. The number of carboxylic acid groups (broad SMARTS) is 1. The van der Waals surface area contributed by atoms with Crippen molar-refractivity contribution in [3.05, 3.63) is 53.1 Å². The van der Waals surface area contributed by atoms with Crippen LogP contribution in [0.1, 0.15) is 27.3 Å². The number of aromatic nitrogens is 2. The van der Waals surface area contributed by atoms with Crippen molar-refractivity contribution < 1.29 is 9.90 Å². The third-order valence-electron chi connectivity index (χ3n) is 3.10. The third-order valence-corrected chi connectivity index (χ3v) is 3.10. The van der Waals surface area contributed by atoms with Gasteiger partial charge in [-0.15, -0.1) is 0 Å². The van der Waals surface area contributed by atoms with Crippen LogP contribution in [0.4, 0.5) is 5.69 Å². The number of carboxylic acids is 1. The molecule has 0 atom stereocenters. The molecule has 5 nitrogen and oxygen atoms in total. The van der Waals surface area contributed by atoms with Gasteiger partial charge in [0.1, 0.15) is 5.56 Å². The number of nitrogens with zero attached hydrogens (tertiary/aromatic N) is 3. The first-order valence-corrected chi connectivity index (χ1v) is 6.30. The molecule has 2 aromatic rings. The van der Waals surface area contributed by atoms with E-state index in [2.05, 4.69) is 9.97 Å². The summed E-state index contributed by atoms with van der Waals surface area (Å²) in [6.45, 7) is 4.20. The van der Waals surface area contributed by atoms with Gasteiger partial charge in [-0.05, 0) is 37.6 Å². The highest BCUT2D eigenvalue weighted by Gasteiger charge is 2.18. The number of hydrogen-bond acceptors (Lipinski definition) is 4. The Morgan fingerprint density at radius 1 is 1.30 bits per heavy atom. The number of anilines is 1. The Bertz CT molecular complexity index is 627. The van der Waals surface area contributed by atoms with E-state index in [-0.39, 0.29) is 5.56 Å². The van der Waals surface area contributed by atoms with Crippen molar-refractivity contribution in [1.82, 2.24) is 9.97 Å². The molecule has 0 aliphatic rings. The van der Waals surface area contributed by atoms with Crippen LogP contribution in [-0.4, -0.2) is 28.1 Å². The lowest BCUT2D eigenvalue weighted by molar-refractivity contribution is 0.0696. The predicted octanol–water partition coefficient (Wildman–Crippen LogP) is 2.43. The van der Waals surface area contributed by atoms with E-state index in [1.807, 2.05) is 31.0 Å². The first kappa shape index (κ1) is 14.0. The highest BCUT2D eigenvalue weighted by molar-refractivity contribution is 5.95. The van der Waals surface area contributed by atoms with Gasteiger partial charge in [-0.3, -0.25) is 9.97 Å². The molecule has 0 aromatic carbocycles. The summed E-state index contributed by atoms with van der Waals surface area (Å²) in [5.41, 5.74) is 3.36. The quantitative estimate of drug-likeness (QED) is 0.925.